The van der Waals surface area contributed by atoms with Crippen LogP contribution >= 0.6 is 0 Å². The number of carbonyl (C=O) groups excluding carboxylic acids is 3. The van der Waals surface area contributed by atoms with Crippen LogP contribution in [0.4, 0.5) is 10.6 Å². The molecule has 10 heteroatoms. The van der Waals surface area contributed by atoms with Crippen LogP contribution in [-0.4, -0.2) is 70.9 Å². The first kappa shape index (κ1) is 23.1. The Labute approximate surface area is 204 Å². The number of para-hydroxylation sites is 1. The normalized spacial score (nSPS) is 19.7. The molecule has 0 bridgehead atoms. The first-order chi connectivity index (χ1) is 16.9. The molecule has 3 aliphatic rings. The molecule has 35 heavy (non-hydrogen) atoms. The van der Waals surface area contributed by atoms with Crippen LogP contribution in [-0.2, 0) is 22.6 Å². The van der Waals surface area contributed by atoms with Gasteiger partial charge in [0.1, 0.15) is 24.7 Å². The zero-order valence-corrected chi connectivity index (χ0v) is 20.1. The van der Waals surface area contributed by atoms with Crippen molar-refractivity contribution in [3.8, 4) is 5.75 Å². The molecule has 1 N–H and O–H groups in total. The Morgan fingerprint density at radius 3 is 2.74 bits per heavy atom. The molecule has 0 saturated carbocycles. The summed E-state index contributed by atoms with van der Waals surface area (Å²) in [4.78, 5) is 51.6. The van der Waals surface area contributed by atoms with Crippen molar-refractivity contribution in [2.45, 2.75) is 45.2 Å². The molecular weight excluding hydrogens is 448 g/mol. The maximum absolute atomic E-state index is 13.1. The number of ether oxygens (including phenoxy) is 1. The Morgan fingerprint density at radius 1 is 1.14 bits per heavy atom. The van der Waals surface area contributed by atoms with E-state index in [-0.39, 0.29) is 30.9 Å². The van der Waals surface area contributed by atoms with Crippen molar-refractivity contribution < 1.29 is 19.1 Å². The number of methoxy groups -OCH3 is 1. The summed E-state index contributed by atoms with van der Waals surface area (Å²) in [6.07, 6.45) is 3.55. The third-order valence-corrected chi connectivity index (χ3v) is 6.98. The molecule has 10 nitrogen and oxygen atoms in total. The van der Waals surface area contributed by atoms with Gasteiger partial charge in [0.15, 0.2) is 5.82 Å². The molecular formula is C25H30N6O4. The molecule has 0 radical (unpaired) electrons. The fourth-order valence-corrected chi connectivity index (χ4v) is 5.25. The van der Waals surface area contributed by atoms with Gasteiger partial charge in [-0.05, 0) is 38.7 Å². The molecule has 0 spiro atoms. The average molecular weight is 479 g/mol. The molecule has 2 saturated heterocycles. The summed E-state index contributed by atoms with van der Waals surface area (Å²) in [5.74, 6) is 1.84. The predicted molar refractivity (Wildman–Crippen MR) is 128 cm³/mol. The van der Waals surface area contributed by atoms with Gasteiger partial charge in [0.05, 0.1) is 13.2 Å². The molecule has 184 valence electrons. The number of fused-ring (bicyclic) bond motifs is 1. The Kier molecular flexibility index (Phi) is 6.27. The number of rotatable bonds is 6. The van der Waals surface area contributed by atoms with E-state index in [0.717, 1.165) is 60.6 Å². The lowest BCUT2D eigenvalue weighted by Gasteiger charge is -2.33. The number of nitrogens with one attached hydrogen (secondary N) is 1. The van der Waals surface area contributed by atoms with Crippen molar-refractivity contribution in [3.63, 3.8) is 0 Å². The van der Waals surface area contributed by atoms with Crippen molar-refractivity contribution in [2.75, 3.05) is 38.2 Å². The number of hydrogen-bond donors (Lipinski definition) is 1. The fourth-order valence-electron chi connectivity index (χ4n) is 5.25. The van der Waals surface area contributed by atoms with E-state index in [1.807, 2.05) is 25.1 Å². The molecule has 3 aliphatic heterocycles. The molecule has 2 aromatic rings. The topological polar surface area (TPSA) is 108 Å². The molecule has 1 aromatic carbocycles. The molecule has 5 rings (SSSR count). The van der Waals surface area contributed by atoms with E-state index in [0.29, 0.717) is 18.9 Å². The first-order valence-corrected chi connectivity index (χ1v) is 12.1. The second-order valence-electron chi connectivity index (χ2n) is 9.26. The Balaban J connectivity index is 1.40. The first-order valence-electron chi connectivity index (χ1n) is 12.1. The third kappa shape index (κ3) is 4.52. The van der Waals surface area contributed by atoms with E-state index in [1.54, 1.807) is 12.0 Å². The number of nitrogens with zero attached hydrogens (tertiary/aromatic N) is 5. The van der Waals surface area contributed by atoms with Crippen molar-refractivity contribution in [1.82, 2.24) is 25.1 Å². The summed E-state index contributed by atoms with van der Waals surface area (Å²) >= 11 is 0. The highest BCUT2D eigenvalue weighted by molar-refractivity contribution is 6.03. The van der Waals surface area contributed by atoms with E-state index in [4.69, 9.17) is 14.7 Å². The van der Waals surface area contributed by atoms with Crippen LogP contribution in [0.5, 0.6) is 5.75 Å². The zero-order valence-electron chi connectivity index (χ0n) is 20.1. The van der Waals surface area contributed by atoms with Crippen molar-refractivity contribution in [1.29, 1.82) is 0 Å². The largest absolute Gasteiger partial charge is 0.496 e. The van der Waals surface area contributed by atoms with Gasteiger partial charge in [0, 0.05) is 36.5 Å². The Hall–Kier alpha value is -3.69. The summed E-state index contributed by atoms with van der Waals surface area (Å²) in [5, 5.41) is 2.22. The van der Waals surface area contributed by atoms with Gasteiger partial charge in [-0.25, -0.2) is 14.8 Å². The highest BCUT2D eigenvalue weighted by atomic mass is 16.5. The number of aryl methyl sites for hydroxylation is 1. The van der Waals surface area contributed by atoms with E-state index < -0.39 is 6.03 Å². The van der Waals surface area contributed by atoms with Crippen LogP contribution in [0.2, 0.25) is 0 Å². The number of anilines is 1. The highest BCUT2D eigenvalue weighted by Gasteiger charge is 2.36. The molecule has 0 aliphatic carbocycles. The molecule has 4 heterocycles. The zero-order chi connectivity index (χ0) is 24.5. The minimum absolute atomic E-state index is 0.0879. The fraction of sp³-hybridized carbons (Fsp3) is 0.480. The van der Waals surface area contributed by atoms with Gasteiger partial charge >= 0.3 is 6.03 Å². The SMILES string of the molecule is COc1ccccc1CN1CCCc2c(C)nc([C@@H]3CCCN3C(=O)CN3CC(=O)NC3=O)nc21. The number of aromatic nitrogens is 2. The van der Waals surface area contributed by atoms with Gasteiger partial charge in [-0.1, -0.05) is 18.2 Å². The molecule has 0 unspecified atom stereocenters. The van der Waals surface area contributed by atoms with Crippen molar-refractivity contribution >= 4 is 23.7 Å². The summed E-state index contributed by atoms with van der Waals surface area (Å²) in [7, 11) is 1.68. The second-order valence-corrected chi connectivity index (χ2v) is 9.26. The molecule has 1 atom stereocenters. The summed E-state index contributed by atoms with van der Waals surface area (Å²) in [5.41, 5.74) is 3.19. The Morgan fingerprint density at radius 2 is 1.97 bits per heavy atom. The maximum atomic E-state index is 13.1. The van der Waals surface area contributed by atoms with Gasteiger partial charge in [-0.3, -0.25) is 14.9 Å². The van der Waals surface area contributed by atoms with Crippen LogP contribution in [0.15, 0.2) is 24.3 Å². The molecule has 2 fully saturated rings. The van der Waals surface area contributed by atoms with Crippen LogP contribution in [0.25, 0.3) is 0 Å². The minimum atomic E-state index is -0.521. The quantitative estimate of drug-likeness (QED) is 0.633. The minimum Gasteiger partial charge on any atom is -0.496 e. The number of benzene rings is 1. The predicted octanol–water partition coefficient (Wildman–Crippen LogP) is 1.96. The van der Waals surface area contributed by atoms with Crippen LogP contribution < -0.4 is 15.0 Å². The number of likely N-dealkylation sites (tertiary alicyclic amines) is 1. The number of carbonyl (C=O) groups is 3. The lowest BCUT2D eigenvalue weighted by atomic mass is 10.0. The molecule has 4 amide bonds. The standard InChI is InChI=1S/C25H30N6O4/c1-16-18-8-5-11-29(13-17-7-3-4-10-20(17)35-2)24(18)28-23(26-16)19-9-6-12-31(19)22(33)15-30-14-21(32)27-25(30)34/h3-4,7,10,19H,5-6,8-9,11-15H2,1-2H3,(H,27,32,34)/t19-/m0/s1. The van der Waals surface area contributed by atoms with Gasteiger partial charge in [-0.15, -0.1) is 0 Å². The highest BCUT2D eigenvalue weighted by Crippen LogP contribution is 2.35. The Bertz CT molecular complexity index is 1170. The average Bonchev–Trinajstić information content (AvgIpc) is 3.46. The maximum Gasteiger partial charge on any atom is 0.325 e. The smallest absolute Gasteiger partial charge is 0.325 e. The number of amides is 4. The van der Waals surface area contributed by atoms with Gasteiger partial charge in [0.2, 0.25) is 11.8 Å². The van der Waals surface area contributed by atoms with E-state index in [2.05, 4.69) is 16.3 Å². The lowest BCUT2D eigenvalue weighted by molar-refractivity contribution is -0.132. The van der Waals surface area contributed by atoms with E-state index in [9.17, 15) is 14.4 Å². The van der Waals surface area contributed by atoms with Gasteiger partial charge < -0.3 is 19.4 Å². The number of hydrogen-bond acceptors (Lipinski definition) is 7. The third-order valence-electron chi connectivity index (χ3n) is 6.98. The lowest BCUT2D eigenvalue weighted by Crippen LogP contribution is -2.41. The van der Waals surface area contributed by atoms with Crippen LogP contribution in [0, 0.1) is 6.92 Å². The van der Waals surface area contributed by atoms with Gasteiger partial charge in [-0.2, -0.15) is 0 Å². The van der Waals surface area contributed by atoms with Crippen molar-refractivity contribution in [3.05, 3.63) is 46.9 Å². The van der Waals surface area contributed by atoms with E-state index >= 15 is 0 Å². The van der Waals surface area contributed by atoms with Crippen LogP contribution in [0.3, 0.4) is 0 Å². The number of urea groups is 1. The molecule has 1 aromatic heterocycles. The summed E-state index contributed by atoms with van der Waals surface area (Å²) < 4.78 is 5.56. The second kappa shape index (κ2) is 9.52. The number of imide groups is 1. The van der Waals surface area contributed by atoms with E-state index in [1.165, 1.54) is 4.90 Å². The monoisotopic (exact) mass is 478 g/mol. The van der Waals surface area contributed by atoms with Crippen LogP contribution in [0.1, 0.15) is 47.9 Å². The van der Waals surface area contributed by atoms with Gasteiger partial charge in [0.25, 0.3) is 0 Å². The van der Waals surface area contributed by atoms with Crippen molar-refractivity contribution in [2.24, 2.45) is 0 Å². The summed E-state index contributed by atoms with van der Waals surface area (Å²) in [6, 6.07) is 7.24. The summed E-state index contributed by atoms with van der Waals surface area (Å²) in [6.45, 7) is 3.94.